The molecule has 2 aromatic heterocycles. The van der Waals surface area contributed by atoms with Crippen LogP contribution in [0.4, 0.5) is 5.13 Å². The van der Waals surface area contributed by atoms with Gasteiger partial charge < -0.3 is 14.5 Å². The number of rotatable bonds is 7. The normalized spacial score (nSPS) is 18.8. The first-order chi connectivity index (χ1) is 15.9. The SMILES string of the molecule is CC(=O)NCc1ccc(-c2csc(NC(=O)c3ccc(CN4C[C@@H](C)O[C@@H](C)C4)cc3)n2)o1. The molecule has 1 aromatic carbocycles. The van der Waals surface area contributed by atoms with Crippen LogP contribution in [0.2, 0.25) is 0 Å². The summed E-state index contributed by atoms with van der Waals surface area (Å²) < 4.78 is 11.5. The smallest absolute Gasteiger partial charge is 0.257 e. The minimum atomic E-state index is -0.207. The van der Waals surface area contributed by atoms with E-state index in [-0.39, 0.29) is 24.0 Å². The molecule has 4 rings (SSSR count). The highest BCUT2D eigenvalue weighted by Crippen LogP contribution is 2.27. The Morgan fingerprint density at radius 1 is 1.12 bits per heavy atom. The predicted octanol–water partition coefficient (Wildman–Crippen LogP) is 3.90. The summed E-state index contributed by atoms with van der Waals surface area (Å²) in [6, 6.07) is 11.3. The Morgan fingerprint density at radius 3 is 2.55 bits per heavy atom. The van der Waals surface area contributed by atoms with Crippen LogP contribution in [0.25, 0.3) is 11.5 Å². The molecule has 0 unspecified atom stereocenters. The number of hydrogen-bond acceptors (Lipinski definition) is 7. The van der Waals surface area contributed by atoms with Crippen LogP contribution in [0.1, 0.15) is 42.5 Å². The minimum absolute atomic E-state index is 0.120. The Labute approximate surface area is 197 Å². The van der Waals surface area contributed by atoms with E-state index in [1.807, 2.05) is 29.6 Å². The number of nitrogens with one attached hydrogen (secondary N) is 2. The van der Waals surface area contributed by atoms with Crippen LogP contribution in [-0.2, 0) is 22.6 Å². The standard InChI is InChI=1S/C24H28N4O4S/c1-15-11-28(12-16(2)31-15)13-18-4-6-19(7-5-18)23(30)27-24-26-21(14-33-24)22-9-8-20(32-22)10-25-17(3)29/h4-9,14-16H,10-13H2,1-3H3,(H,25,29)(H,26,27,30)/t15-,16+. The molecule has 8 nitrogen and oxygen atoms in total. The van der Waals surface area contributed by atoms with Crippen LogP contribution in [0.3, 0.4) is 0 Å². The summed E-state index contributed by atoms with van der Waals surface area (Å²) in [4.78, 5) is 30.5. The second-order valence-electron chi connectivity index (χ2n) is 8.32. The first-order valence-corrected chi connectivity index (χ1v) is 11.8. The van der Waals surface area contributed by atoms with Crippen LogP contribution < -0.4 is 10.6 Å². The molecule has 1 aliphatic heterocycles. The third kappa shape index (κ3) is 6.28. The van der Waals surface area contributed by atoms with Crippen LogP contribution in [0, 0.1) is 0 Å². The molecule has 174 valence electrons. The van der Waals surface area contributed by atoms with E-state index in [0.717, 1.165) is 25.2 Å². The fourth-order valence-electron chi connectivity index (χ4n) is 3.87. The lowest BCUT2D eigenvalue weighted by atomic mass is 10.1. The minimum Gasteiger partial charge on any atom is -0.458 e. The van der Waals surface area contributed by atoms with Crippen LogP contribution in [0.5, 0.6) is 0 Å². The number of morpholine rings is 1. The van der Waals surface area contributed by atoms with Gasteiger partial charge in [-0.2, -0.15) is 0 Å². The van der Waals surface area contributed by atoms with Gasteiger partial charge in [0.25, 0.3) is 5.91 Å². The third-order valence-corrected chi connectivity index (χ3v) is 6.03. The Hall–Kier alpha value is -3.01. The van der Waals surface area contributed by atoms with E-state index in [2.05, 4.69) is 34.4 Å². The van der Waals surface area contributed by atoms with Gasteiger partial charge in [0.1, 0.15) is 11.5 Å². The zero-order chi connectivity index (χ0) is 23.4. The molecule has 0 spiro atoms. The average molecular weight is 469 g/mol. The maximum Gasteiger partial charge on any atom is 0.257 e. The molecule has 3 aromatic rings. The highest BCUT2D eigenvalue weighted by Gasteiger charge is 2.22. The third-order valence-electron chi connectivity index (χ3n) is 5.27. The van der Waals surface area contributed by atoms with Gasteiger partial charge in [0.05, 0.1) is 18.8 Å². The lowest BCUT2D eigenvalue weighted by molar-refractivity contribution is -0.119. The number of carbonyl (C=O) groups excluding carboxylic acids is 2. The van der Waals surface area contributed by atoms with Gasteiger partial charge in [0.15, 0.2) is 10.9 Å². The molecule has 1 saturated heterocycles. The van der Waals surface area contributed by atoms with Crippen molar-refractivity contribution in [1.82, 2.24) is 15.2 Å². The summed E-state index contributed by atoms with van der Waals surface area (Å²) in [5.74, 6) is 0.898. The molecule has 0 aliphatic carbocycles. The van der Waals surface area contributed by atoms with Gasteiger partial charge in [-0.1, -0.05) is 12.1 Å². The van der Waals surface area contributed by atoms with Gasteiger partial charge >= 0.3 is 0 Å². The highest BCUT2D eigenvalue weighted by molar-refractivity contribution is 7.14. The fourth-order valence-corrected chi connectivity index (χ4v) is 4.56. The molecule has 9 heteroatoms. The van der Waals surface area contributed by atoms with E-state index >= 15 is 0 Å². The Kier molecular flexibility index (Phi) is 7.22. The second-order valence-corrected chi connectivity index (χ2v) is 9.17. The summed E-state index contributed by atoms with van der Waals surface area (Å²) in [5.41, 5.74) is 2.38. The van der Waals surface area contributed by atoms with Crippen molar-refractivity contribution < 1.29 is 18.7 Å². The molecular formula is C24H28N4O4S. The van der Waals surface area contributed by atoms with Crippen molar-refractivity contribution in [2.45, 2.75) is 46.1 Å². The zero-order valence-corrected chi connectivity index (χ0v) is 19.8. The number of aromatic nitrogens is 1. The zero-order valence-electron chi connectivity index (χ0n) is 19.0. The molecule has 33 heavy (non-hydrogen) atoms. The number of amides is 2. The first-order valence-electron chi connectivity index (χ1n) is 10.9. The summed E-state index contributed by atoms with van der Waals surface area (Å²) >= 11 is 1.33. The molecule has 1 aliphatic rings. The summed E-state index contributed by atoms with van der Waals surface area (Å²) in [6.07, 6.45) is 0.457. The van der Waals surface area contributed by atoms with E-state index in [1.54, 1.807) is 12.1 Å². The van der Waals surface area contributed by atoms with E-state index in [4.69, 9.17) is 9.15 Å². The molecular weight excluding hydrogens is 440 g/mol. The maximum atomic E-state index is 12.7. The van der Waals surface area contributed by atoms with Crippen molar-refractivity contribution in [2.75, 3.05) is 18.4 Å². The first kappa shape index (κ1) is 23.2. The lowest BCUT2D eigenvalue weighted by Gasteiger charge is -2.35. The van der Waals surface area contributed by atoms with Crippen molar-refractivity contribution in [3.05, 3.63) is 58.7 Å². The van der Waals surface area contributed by atoms with E-state index < -0.39 is 0 Å². The Bertz CT molecular complexity index is 1100. The average Bonchev–Trinajstić information content (AvgIpc) is 3.41. The van der Waals surface area contributed by atoms with Gasteiger partial charge in [-0.05, 0) is 43.7 Å². The summed E-state index contributed by atoms with van der Waals surface area (Å²) in [5, 5.41) is 7.86. The van der Waals surface area contributed by atoms with E-state index in [9.17, 15) is 9.59 Å². The molecule has 0 saturated carbocycles. The number of benzene rings is 1. The van der Waals surface area contributed by atoms with Gasteiger partial charge in [-0.15, -0.1) is 11.3 Å². The molecule has 2 atom stereocenters. The van der Waals surface area contributed by atoms with Gasteiger partial charge in [0.2, 0.25) is 5.91 Å². The van der Waals surface area contributed by atoms with E-state index in [1.165, 1.54) is 18.3 Å². The number of thiazole rings is 1. The van der Waals surface area contributed by atoms with Crippen LogP contribution in [-0.4, -0.2) is 47.0 Å². The number of anilines is 1. The summed E-state index contributed by atoms with van der Waals surface area (Å²) in [7, 11) is 0. The number of hydrogen-bond donors (Lipinski definition) is 2. The monoisotopic (exact) mass is 468 g/mol. The van der Waals surface area contributed by atoms with E-state index in [0.29, 0.717) is 34.5 Å². The quantitative estimate of drug-likeness (QED) is 0.546. The van der Waals surface area contributed by atoms with Gasteiger partial charge in [-0.3, -0.25) is 19.8 Å². The number of furan rings is 1. The van der Waals surface area contributed by atoms with Gasteiger partial charge in [0, 0.05) is 37.5 Å². The fraction of sp³-hybridized carbons (Fsp3) is 0.375. The molecule has 0 bridgehead atoms. The maximum absolute atomic E-state index is 12.7. The van der Waals surface area contributed by atoms with Crippen LogP contribution >= 0.6 is 11.3 Å². The molecule has 0 radical (unpaired) electrons. The number of ether oxygens (including phenoxy) is 1. The van der Waals surface area contributed by atoms with Crippen molar-refractivity contribution in [2.24, 2.45) is 0 Å². The lowest BCUT2D eigenvalue weighted by Crippen LogP contribution is -2.44. The molecule has 1 fully saturated rings. The van der Waals surface area contributed by atoms with Crippen molar-refractivity contribution >= 4 is 28.3 Å². The number of carbonyl (C=O) groups is 2. The van der Waals surface area contributed by atoms with Gasteiger partial charge in [-0.25, -0.2) is 4.98 Å². The largest absolute Gasteiger partial charge is 0.458 e. The number of nitrogens with zero attached hydrogens (tertiary/aromatic N) is 2. The topological polar surface area (TPSA) is 96.7 Å². The Morgan fingerprint density at radius 2 is 1.85 bits per heavy atom. The summed E-state index contributed by atoms with van der Waals surface area (Å²) in [6.45, 7) is 8.61. The Balaban J connectivity index is 1.33. The molecule has 2 amide bonds. The second kappa shape index (κ2) is 10.3. The van der Waals surface area contributed by atoms with Crippen molar-refractivity contribution in [3.8, 4) is 11.5 Å². The van der Waals surface area contributed by atoms with Crippen molar-refractivity contribution in [1.29, 1.82) is 0 Å². The van der Waals surface area contributed by atoms with Crippen molar-refractivity contribution in [3.63, 3.8) is 0 Å². The molecule has 2 N–H and O–H groups in total. The highest BCUT2D eigenvalue weighted by atomic mass is 32.1. The molecule has 3 heterocycles. The predicted molar refractivity (Wildman–Crippen MR) is 127 cm³/mol. The van der Waals surface area contributed by atoms with Crippen LogP contribution in [0.15, 0.2) is 46.2 Å².